The van der Waals surface area contributed by atoms with Gasteiger partial charge in [-0.1, -0.05) is 0 Å². The van der Waals surface area contributed by atoms with Crippen LogP contribution >= 0.6 is 0 Å². The minimum absolute atomic E-state index is 0.0000661. The monoisotopic (exact) mass is 222 g/mol. The molecule has 0 spiro atoms. The molecule has 5 heteroatoms. The molecular formula is C11H18N4O. The van der Waals surface area contributed by atoms with E-state index in [9.17, 15) is 4.79 Å². The highest BCUT2D eigenvalue weighted by atomic mass is 16.2. The van der Waals surface area contributed by atoms with Gasteiger partial charge in [0.15, 0.2) is 0 Å². The third kappa shape index (κ3) is 2.82. The second-order valence-electron chi connectivity index (χ2n) is 4.29. The lowest BCUT2D eigenvalue weighted by molar-refractivity contribution is -0.123. The smallest absolute Gasteiger partial charge is 0.237 e. The number of aromatic nitrogens is 2. The van der Waals surface area contributed by atoms with E-state index >= 15 is 0 Å². The van der Waals surface area contributed by atoms with E-state index < -0.39 is 0 Å². The van der Waals surface area contributed by atoms with Gasteiger partial charge in [-0.3, -0.25) is 9.48 Å². The number of nitrogens with one attached hydrogen (secondary N) is 2. The summed E-state index contributed by atoms with van der Waals surface area (Å²) in [6.07, 6.45) is 5.68. The zero-order chi connectivity index (χ0) is 11.4. The first-order valence-electron chi connectivity index (χ1n) is 5.77. The molecule has 0 aliphatic carbocycles. The molecule has 1 aliphatic rings. The molecule has 1 aliphatic heterocycles. The van der Waals surface area contributed by atoms with Gasteiger partial charge < -0.3 is 10.6 Å². The van der Waals surface area contributed by atoms with E-state index in [1.165, 1.54) is 0 Å². The van der Waals surface area contributed by atoms with Crippen molar-refractivity contribution in [2.24, 2.45) is 0 Å². The predicted molar refractivity (Wildman–Crippen MR) is 60.9 cm³/mol. The molecule has 0 saturated carbocycles. The van der Waals surface area contributed by atoms with E-state index in [0.29, 0.717) is 6.54 Å². The molecule has 88 valence electrons. The Hall–Kier alpha value is -1.36. The maximum absolute atomic E-state index is 11.8. The van der Waals surface area contributed by atoms with Crippen molar-refractivity contribution in [3.63, 3.8) is 0 Å². The molecule has 1 saturated heterocycles. The SMILES string of the molecule is CC(Cn1cccn1)NC(=O)C1CCCN1. The van der Waals surface area contributed by atoms with Gasteiger partial charge in [0.1, 0.15) is 0 Å². The molecule has 0 aromatic carbocycles. The molecular weight excluding hydrogens is 204 g/mol. The average molecular weight is 222 g/mol. The highest BCUT2D eigenvalue weighted by molar-refractivity contribution is 5.82. The minimum Gasteiger partial charge on any atom is -0.350 e. The van der Waals surface area contributed by atoms with Crippen molar-refractivity contribution in [1.82, 2.24) is 20.4 Å². The Labute approximate surface area is 95.2 Å². The number of amides is 1. The number of nitrogens with zero attached hydrogens (tertiary/aromatic N) is 2. The summed E-state index contributed by atoms with van der Waals surface area (Å²) in [5, 5.41) is 10.3. The highest BCUT2D eigenvalue weighted by Gasteiger charge is 2.22. The molecule has 0 bridgehead atoms. The van der Waals surface area contributed by atoms with E-state index in [1.807, 2.05) is 23.9 Å². The molecule has 2 unspecified atom stereocenters. The molecule has 1 aromatic heterocycles. The quantitative estimate of drug-likeness (QED) is 0.762. The van der Waals surface area contributed by atoms with Gasteiger partial charge in [-0.2, -0.15) is 5.10 Å². The van der Waals surface area contributed by atoms with Crippen molar-refractivity contribution in [3.8, 4) is 0 Å². The van der Waals surface area contributed by atoms with Crippen LogP contribution in [0.1, 0.15) is 19.8 Å². The second-order valence-corrected chi connectivity index (χ2v) is 4.29. The number of rotatable bonds is 4. The zero-order valence-corrected chi connectivity index (χ0v) is 9.52. The molecule has 1 fully saturated rings. The largest absolute Gasteiger partial charge is 0.350 e. The third-order valence-electron chi connectivity index (χ3n) is 2.79. The van der Waals surface area contributed by atoms with Crippen LogP contribution in [0.15, 0.2) is 18.5 Å². The second kappa shape index (κ2) is 5.12. The number of hydrogen-bond donors (Lipinski definition) is 2. The molecule has 1 aromatic rings. The summed E-state index contributed by atoms with van der Waals surface area (Å²) in [7, 11) is 0. The number of carbonyl (C=O) groups excluding carboxylic acids is 1. The van der Waals surface area contributed by atoms with Gasteiger partial charge in [0, 0.05) is 18.4 Å². The van der Waals surface area contributed by atoms with E-state index in [4.69, 9.17) is 0 Å². The summed E-state index contributed by atoms with van der Waals surface area (Å²) in [4.78, 5) is 11.8. The maximum Gasteiger partial charge on any atom is 0.237 e. The summed E-state index contributed by atoms with van der Waals surface area (Å²) in [5.41, 5.74) is 0. The first-order valence-corrected chi connectivity index (χ1v) is 5.77. The standard InChI is InChI=1S/C11H18N4O/c1-9(8-15-7-3-6-13-15)14-11(16)10-4-2-5-12-10/h3,6-7,9-10,12H,2,4-5,8H2,1H3,(H,14,16). The zero-order valence-electron chi connectivity index (χ0n) is 9.52. The lowest BCUT2D eigenvalue weighted by Gasteiger charge is -2.17. The first-order chi connectivity index (χ1) is 7.75. The van der Waals surface area contributed by atoms with Gasteiger partial charge in [0.2, 0.25) is 5.91 Å². The Morgan fingerprint density at radius 1 is 1.75 bits per heavy atom. The molecule has 2 heterocycles. The fourth-order valence-electron chi connectivity index (χ4n) is 1.99. The van der Waals surface area contributed by atoms with Gasteiger partial charge in [0.05, 0.1) is 12.6 Å². The Kier molecular flexibility index (Phi) is 3.56. The Morgan fingerprint density at radius 3 is 3.25 bits per heavy atom. The average Bonchev–Trinajstić information content (AvgIpc) is 2.88. The van der Waals surface area contributed by atoms with Crippen molar-refractivity contribution in [2.75, 3.05) is 6.54 Å². The van der Waals surface area contributed by atoms with Crippen LogP contribution in [0.25, 0.3) is 0 Å². The van der Waals surface area contributed by atoms with Crippen molar-refractivity contribution < 1.29 is 4.79 Å². The van der Waals surface area contributed by atoms with Gasteiger partial charge in [-0.25, -0.2) is 0 Å². The molecule has 2 rings (SSSR count). The lowest BCUT2D eigenvalue weighted by atomic mass is 10.2. The normalized spacial score (nSPS) is 21.9. The van der Waals surface area contributed by atoms with Gasteiger partial charge in [-0.05, 0) is 32.4 Å². The molecule has 5 nitrogen and oxygen atoms in total. The van der Waals surface area contributed by atoms with Crippen LogP contribution in [0.2, 0.25) is 0 Å². The topological polar surface area (TPSA) is 59.0 Å². The molecule has 1 amide bonds. The Morgan fingerprint density at radius 2 is 2.62 bits per heavy atom. The van der Waals surface area contributed by atoms with Crippen LogP contribution in [0.4, 0.5) is 0 Å². The number of carbonyl (C=O) groups is 1. The number of hydrogen-bond acceptors (Lipinski definition) is 3. The molecule has 2 N–H and O–H groups in total. The van der Waals surface area contributed by atoms with E-state index in [2.05, 4.69) is 15.7 Å². The summed E-state index contributed by atoms with van der Waals surface area (Å²) >= 11 is 0. The van der Waals surface area contributed by atoms with Crippen LogP contribution in [0.3, 0.4) is 0 Å². The van der Waals surface area contributed by atoms with Gasteiger partial charge in [0.25, 0.3) is 0 Å². The summed E-state index contributed by atoms with van der Waals surface area (Å²) in [6, 6.07) is 1.99. The van der Waals surface area contributed by atoms with E-state index in [-0.39, 0.29) is 18.0 Å². The van der Waals surface area contributed by atoms with E-state index in [1.54, 1.807) is 6.20 Å². The first kappa shape index (κ1) is 11.1. The van der Waals surface area contributed by atoms with E-state index in [0.717, 1.165) is 19.4 Å². The van der Waals surface area contributed by atoms with Crippen molar-refractivity contribution in [2.45, 2.75) is 38.4 Å². The minimum atomic E-state index is 0.0000661. The van der Waals surface area contributed by atoms with Crippen molar-refractivity contribution in [1.29, 1.82) is 0 Å². The summed E-state index contributed by atoms with van der Waals surface area (Å²) in [5.74, 6) is 0.108. The van der Waals surface area contributed by atoms with Crippen LogP contribution in [0.5, 0.6) is 0 Å². The van der Waals surface area contributed by atoms with Crippen molar-refractivity contribution >= 4 is 5.91 Å². The highest BCUT2D eigenvalue weighted by Crippen LogP contribution is 2.05. The maximum atomic E-state index is 11.8. The molecule has 0 radical (unpaired) electrons. The van der Waals surface area contributed by atoms with Crippen LogP contribution < -0.4 is 10.6 Å². The van der Waals surface area contributed by atoms with Gasteiger partial charge >= 0.3 is 0 Å². The molecule has 2 atom stereocenters. The predicted octanol–water partition coefficient (Wildman–Crippen LogP) is 0.140. The van der Waals surface area contributed by atoms with Crippen LogP contribution in [-0.4, -0.2) is 34.3 Å². The fraction of sp³-hybridized carbons (Fsp3) is 0.636. The van der Waals surface area contributed by atoms with Crippen LogP contribution in [-0.2, 0) is 11.3 Å². The third-order valence-corrected chi connectivity index (χ3v) is 2.79. The van der Waals surface area contributed by atoms with Crippen LogP contribution in [0, 0.1) is 0 Å². The fourth-order valence-corrected chi connectivity index (χ4v) is 1.99. The lowest BCUT2D eigenvalue weighted by Crippen LogP contribution is -2.45. The van der Waals surface area contributed by atoms with Gasteiger partial charge in [-0.15, -0.1) is 0 Å². The van der Waals surface area contributed by atoms with Crippen molar-refractivity contribution in [3.05, 3.63) is 18.5 Å². The summed E-state index contributed by atoms with van der Waals surface area (Å²) < 4.78 is 1.83. The summed E-state index contributed by atoms with van der Waals surface area (Å²) in [6.45, 7) is 3.66. The Balaban J connectivity index is 1.78. The Bertz CT molecular complexity index is 330. The molecule has 16 heavy (non-hydrogen) atoms.